The molecule has 0 aliphatic heterocycles. The average molecular weight is 493 g/mol. The molecule has 37 heavy (non-hydrogen) atoms. The molecule has 0 saturated heterocycles. The van der Waals surface area contributed by atoms with Crippen molar-refractivity contribution in [3.63, 3.8) is 0 Å². The predicted octanol–water partition coefficient (Wildman–Crippen LogP) is 6.16. The van der Waals surface area contributed by atoms with Crippen LogP contribution < -0.4 is 0 Å². The number of fused-ring (bicyclic) bond motifs is 2. The van der Waals surface area contributed by atoms with Gasteiger partial charge in [-0.3, -0.25) is 4.79 Å². The van der Waals surface area contributed by atoms with E-state index in [9.17, 15) is 9.59 Å². The Balaban J connectivity index is 1.45. The number of ketones is 1. The van der Waals surface area contributed by atoms with E-state index >= 15 is 0 Å². The van der Waals surface area contributed by atoms with Gasteiger partial charge in [-0.05, 0) is 42.8 Å². The maximum atomic E-state index is 13.3. The van der Waals surface area contributed by atoms with Crippen LogP contribution in [0, 0.1) is 13.8 Å². The van der Waals surface area contributed by atoms with Gasteiger partial charge in [-0.15, -0.1) is 0 Å². The molecular formula is C31H28N2O4. The lowest BCUT2D eigenvalue weighted by Crippen LogP contribution is -2.16. The number of rotatable bonds is 8. The first kappa shape index (κ1) is 24.4. The smallest absolute Gasteiger partial charge is 0.339 e. The van der Waals surface area contributed by atoms with E-state index in [0.29, 0.717) is 40.9 Å². The van der Waals surface area contributed by atoms with Gasteiger partial charge in [0.2, 0.25) is 5.78 Å². The first-order chi connectivity index (χ1) is 18.0. The fourth-order valence-corrected chi connectivity index (χ4v) is 4.83. The molecule has 5 aromatic rings. The number of methoxy groups -OCH3 is 1. The van der Waals surface area contributed by atoms with Gasteiger partial charge in [0.1, 0.15) is 0 Å². The number of benzene rings is 3. The highest BCUT2D eigenvalue weighted by Crippen LogP contribution is 2.31. The summed E-state index contributed by atoms with van der Waals surface area (Å²) in [6, 6.07) is 25.2. The highest BCUT2D eigenvalue weighted by molar-refractivity contribution is 6.07. The predicted molar refractivity (Wildman–Crippen MR) is 145 cm³/mol. The van der Waals surface area contributed by atoms with Gasteiger partial charge in [0, 0.05) is 41.6 Å². The largest absolute Gasteiger partial charge is 0.454 e. The molecule has 0 aliphatic rings. The van der Waals surface area contributed by atoms with E-state index in [0.717, 1.165) is 27.7 Å². The van der Waals surface area contributed by atoms with Crippen molar-refractivity contribution in [2.75, 3.05) is 20.3 Å². The van der Waals surface area contributed by atoms with Gasteiger partial charge in [0.05, 0.1) is 23.4 Å². The Labute approximate surface area is 215 Å². The highest BCUT2D eigenvalue weighted by Gasteiger charge is 2.20. The number of nitrogens with zero attached hydrogens (tertiary/aromatic N) is 2. The minimum atomic E-state index is -0.554. The van der Waals surface area contributed by atoms with Gasteiger partial charge in [-0.1, -0.05) is 60.7 Å². The van der Waals surface area contributed by atoms with E-state index in [1.807, 2.05) is 91.2 Å². The maximum Gasteiger partial charge on any atom is 0.339 e. The summed E-state index contributed by atoms with van der Waals surface area (Å²) in [4.78, 5) is 31.2. The summed E-state index contributed by atoms with van der Waals surface area (Å²) in [6.45, 7) is 4.70. The summed E-state index contributed by atoms with van der Waals surface area (Å²) >= 11 is 0. The van der Waals surface area contributed by atoms with Crippen LogP contribution >= 0.6 is 0 Å². The Bertz CT molecular complexity index is 1630. The van der Waals surface area contributed by atoms with Crippen LogP contribution in [0.15, 0.2) is 78.9 Å². The summed E-state index contributed by atoms with van der Waals surface area (Å²) in [5, 5.41) is 2.82. The van der Waals surface area contributed by atoms with E-state index in [1.165, 1.54) is 0 Å². The third-order valence-electron chi connectivity index (χ3n) is 6.73. The Morgan fingerprint density at radius 3 is 2.41 bits per heavy atom. The number of esters is 1. The molecule has 0 N–H and O–H groups in total. The van der Waals surface area contributed by atoms with Crippen molar-refractivity contribution >= 4 is 33.4 Å². The quantitative estimate of drug-likeness (QED) is 0.192. The summed E-state index contributed by atoms with van der Waals surface area (Å²) < 4.78 is 12.8. The summed E-state index contributed by atoms with van der Waals surface area (Å²) in [5.41, 5.74) is 5.03. The van der Waals surface area contributed by atoms with Crippen LogP contribution in [-0.2, 0) is 16.0 Å². The molecule has 186 valence electrons. The van der Waals surface area contributed by atoms with E-state index in [2.05, 4.69) is 0 Å². The Morgan fingerprint density at radius 1 is 0.865 bits per heavy atom. The van der Waals surface area contributed by atoms with Gasteiger partial charge in [-0.25, -0.2) is 9.78 Å². The van der Waals surface area contributed by atoms with Crippen LogP contribution in [0.1, 0.15) is 32.1 Å². The highest BCUT2D eigenvalue weighted by atomic mass is 16.5. The molecular weight excluding hydrogens is 464 g/mol. The Hall–Kier alpha value is -4.29. The van der Waals surface area contributed by atoms with Gasteiger partial charge in [-0.2, -0.15) is 0 Å². The van der Waals surface area contributed by atoms with Crippen molar-refractivity contribution in [2.24, 2.45) is 0 Å². The lowest BCUT2D eigenvalue weighted by molar-refractivity contribution is 0.0476. The number of carbonyl (C=O) groups is 2. The zero-order valence-corrected chi connectivity index (χ0v) is 21.2. The molecule has 3 aromatic carbocycles. The molecule has 0 amide bonds. The van der Waals surface area contributed by atoms with Crippen molar-refractivity contribution in [2.45, 2.75) is 20.4 Å². The number of Topliss-reactive ketones (excluding diaryl/α,β-unsaturated/α-hetero) is 1. The molecule has 0 unspecified atom stereocenters. The van der Waals surface area contributed by atoms with Crippen LogP contribution in [0.4, 0.5) is 0 Å². The third-order valence-corrected chi connectivity index (χ3v) is 6.73. The van der Waals surface area contributed by atoms with Gasteiger partial charge in [0.25, 0.3) is 0 Å². The molecule has 6 heteroatoms. The minimum absolute atomic E-state index is 0.238. The number of aromatic nitrogens is 2. The van der Waals surface area contributed by atoms with E-state index in [-0.39, 0.29) is 12.4 Å². The van der Waals surface area contributed by atoms with Crippen molar-refractivity contribution in [3.05, 3.63) is 101 Å². The molecule has 0 radical (unpaired) electrons. The molecule has 0 spiro atoms. The first-order valence-corrected chi connectivity index (χ1v) is 12.2. The van der Waals surface area contributed by atoms with Crippen molar-refractivity contribution in [3.8, 4) is 11.3 Å². The molecule has 2 heterocycles. The van der Waals surface area contributed by atoms with E-state index < -0.39 is 5.97 Å². The average Bonchev–Trinajstić information content (AvgIpc) is 3.22. The molecule has 6 nitrogen and oxygen atoms in total. The molecule has 0 fully saturated rings. The van der Waals surface area contributed by atoms with Gasteiger partial charge >= 0.3 is 5.97 Å². The zero-order chi connectivity index (χ0) is 25.9. The monoisotopic (exact) mass is 492 g/mol. The van der Waals surface area contributed by atoms with Crippen molar-refractivity contribution < 1.29 is 19.1 Å². The van der Waals surface area contributed by atoms with Gasteiger partial charge < -0.3 is 14.0 Å². The molecule has 5 rings (SSSR count). The second kappa shape index (κ2) is 10.4. The fourth-order valence-electron chi connectivity index (χ4n) is 4.83. The number of para-hydroxylation sites is 1. The molecule has 0 saturated carbocycles. The number of carbonyl (C=O) groups excluding carboxylic acids is 2. The first-order valence-electron chi connectivity index (χ1n) is 12.2. The minimum Gasteiger partial charge on any atom is -0.454 e. The summed E-state index contributed by atoms with van der Waals surface area (Å²) in [6.07, 6.45) is 0. The zero-order valence-electron chi connectivity index (χ0n) is 21.2. The normalized spacial score (nSPS) is 11.2. The summed E-state index contributed by atoms with van der Waals surface area (Å²) in [5.74, 6) is -0.792. The standard InChI is InChI=1S/C31H28N2O4/c1-20-17-26(21(2)33(20)15-16-36-3)30(34)19-37-31(35)27-18-29(32-28-14-7-6-12-25(27)28)24-13-8-10-22-9-4-5-11-23(22)24/h4-14,17-18H,15-16,19H2,1-3H3. The number of pyridine rings is 1. The number of ether oxygens (including phenoxy) is 2. The molecule has 2 aromatic heterocycles. The van der Waals surface area contributed by atoms with Crippen molar-refractivity contribution in [1.29, 1.82) is 0 Å². The maximum absolute atomic E-state index is 13.3. The molecule has 0 aliphatic carbocycles. The van der Waals surface area contributed by atoms with Crippen molar-refractivity contribution in [1.82, 2.24) is 9.55 Å². The Morgan fingerprint density at radius 2 is 1.59 bits per heavy atom. The SMILES string of the molecule is COCCn1c(C)cc(C(=O)COC(=O)c2cc(-c3cccc4ccccc34)nc3ccccc23)c1C. The third kappa shape index (κ3) is 4.76. The molecule has 0 atom stereocenters. The van der Waals surface area contributed by atoms with Gasteiger partial charge in [0.15, 0.2) is 6.61 Å². The fraction of sp³-hybridized carbons (Fsp3) is 0.194. The van der Waals surface area contributed by atoms with Crippen LogP contribution in [0.2, 0.25) is 0 Å². The van der Waals surface area contributed by atoms with E-state index in [1.54, 1.807) is 13.2 Å². The lowest BCUT2D eigenvalue weighted by Gasteiger charge is -2.12. The molecule has 0 bridgehead atoms. The number of hydrogen-bond acceptors (Lipinski definition) is 5. The topological polar surface area (TPSA) is 70.4 Å². The second-order valence-corrected chi connectivity index (χ2v) is 9.03. The summed E-state index contributed by atoms with van der Waals surface area (Å²) in [7, 11) is 1.65. The lowest BCUT2D eigenvalue weighted by atomic mass is 9.99. The van der Waals surface area contributed by atoms with Crippen LogP contribution in [0.25, 0.3) is 32.9 Å². The van der Waals surface area contributed by atoms with Crippen LogP contribution in [0.3, 0.4) is 0 Å². The van der Waals surface area contributed by atoms with Crippen LogP contribution in [-0.4, -0.2) is 41.6 Å². The second-order valence-electron chi connectivity index (χ2n) is 9.03. The van der Waals surface area contributed by atoms with Crippen LogP contribution in [0.5, 0.6) is 0 Å². The Kier molecular flexibility index (Phi) is 6.84. The van der Waals surface area contributed by atoms with E-state index in [4.69, 9.17) is 14.5 Å². The number of aryl methyl sites for hydroxylation is 1. The number of hydrogen-bond donors (Lipinski definition) is 0.